The summed E-state index contributed by atoms with van der Waals surface area (Å²) in [7, 11) is 0. The predicted octanol–water partition coefficient (Wildman–Crippen LogP) is 3.70. The average Bonchev–Trinajstić information content (AvgIpc) is 2.96. The maximum atomic E-state index is 6.04. The monoisotopic (exact) mass is 280 g/mol. The number of likely N-dealkylation sites (tertiary alicyclic amines) is 1. The fourth-order valence-corrected chi connectivity index (χ4v) is 3.28. The van der Waals surface area contributed by atoms with Crippen LogP contribution in [0.1, 0.15) is 24.9 Å². The van der Waals surface area contributed by atoms with E-state index in [0.29, 0.717) is 12.6 Å². The Balaban J connectivity index is 1.79. The highest BCUT2D eigenvalue weighted by atomic mass is 15.2. The van der Waals surface area contributed by atoms with Crippen LogP contribution in [0, 0.1) is 5.92 Å². The molecule has 2 aromatic rings. The first-order valence-corrected chi connectivity index (χ1v) is 7.87. The smallest absolute Gasteiger partial charge is 0.0470 e. The van der Waals surface area contributed by atoms with Gasteiger partial charge in [-0.05, 0) is 35.6 Å². The topological polar surface area (TPSA) is 29.3 Å². The van der Waals surface area contributed by atoms with Crippen LogP contribution in [0.3, 0.4) is 0 Å². The minimum Gasteiger partial charge on any atom is -0.329 e. The summed E-state index contributed by atoms with van der Waals surface area (Å²) < 4.78 is 0. The van der Waals surface area contributed by atoms with E-state index in [1.165, 1.54) is 36.2 Å². The molecule has 0 aliphatic carbocycles. The van der Waals surface area contributed by atoms with E-state index in [-0.39, 0.29) is 0 Å². The normalized spacial score (nSPS) is 20.6. The number of benzene rings is 2. The Morgan fingerprint density at radius 3 is 2.29 bits per heavy atom. The molecule has 0 saturated carbocycles. The highest BCUT2D eigenvalue weighted by molar-refractivity contribution is 5.63. The summed E-state index contributed by atoms with van der Waals surface area (Å²) in [4.78, 5) is 2.53. The van der Waals surface area contributed by atoms with Gasteiger partial charge in [0.05, 0.1) is 0 Å². The van der Waals surface area contributed by atoms with Crippen molar-refractivity contribution in [3.63, 3.8) is 0 Å². The van der Waals surface area contributed by atoms with Crippen molar-refractivity contribution in [3.8, 4) is 11.1 Å². The summed E-state index contributed by atoms with van der Waals surface area (Å²) in [6.45, 7) is 5.36. The van der Waals surface area contributed by atoms with Crippen molar-refractivity contribution in [1.29, 1.82) is 0 Å². The van der Waals surface area contributed by atoms with Gasteiger partial charge in [-0.25, -0.2) is 0 Å². The van der Waals surface area contributed by atoms with Crippen LogP contribution in [0.15, 0.2) is 54.6 Å². The van der Waals surface area contributed by atoms with Gasteiger partial charge in [0.1, 0.15) is 0 Å². The van der Waals surface area contributed by atoms with Crippen molar-refractivity contribution in [1.82, 2.24) is 4.90 Å². The molecule has 1 aliphatic rings. The van der Waals surface area contributed by atoms with Crippen molar-refractivity contribution < 1.29 is 0 Å². The van der Waals surface area contributed by atoms with Crippen LogP contribution in [-0.2, 0) is 0 Å². The molecule has 0 amide bonds. The quantitative estimate of drug-likeness (QED) is 0.925. The van der Waals surface area contributed by atoms with E-state index in [9.17, 15) is 0 Å². The van der Waals surface area contributed by atoms with Crippen LogP contribution in [0.4, 0.5) is 0 Å². The fraction of sp³-hybridized carbons (Fsp3) is 0.368. The summed E-state index contributed by atoms with van der Waals surface area (Å²) >= 11 is 0. The Bertz CT molecular complexity index is 562. The van der Waals surface area contributed by atoms with E-state index >= 15 is 0 Å². The molecule has 2 N–H and O–H groups in total. The molecule has 21 heavy (non-hydrogen) atoms. The maximum Gasteiger partial charge on any atom is 0.0470 e. The molecule has 3 rings (SSSR count). The van der Waals surface area contributed by atoms with Gasteiger partial charge in [-0.1, -0.05) is 61.5 Å². The van der Waals surface area contributed by atoms with Gasteiger partial charge in [-0.15, -0.1) is 0 Å². The minimum absolute atomic E-state index is 0.361. The second-order valence-corrected chi connectivity index (χ2v) is 6.13. The van der Waals surface area contributed by atoms with Gasteiger partial charge in [-0.2, -0.15) is 0 Å². The Morgan fingerprint density at radius 1 is 1.05 bits per heavy atom. The van der Waals surface area contributed by atoms with Crippen LogP contribution in [0.5, 0.6) is 0 Å². The molecule has 0 spiro atoms. The molecule has 2 nitrogen and oxygen atoms in total. The lowest BCUT2D eigenvalue weighted by Crippen LogP contribution is -2.31. The van der Waals surface area contributed by atoms with Crippen LogP contribution < -0.4 is 5.73 Å². The fourth-order valence-electron chi connectivity index (χ4n) is 3.28. The number of hydrogen-bond donors (Lipinski definition) is 1. The standard InChI is InChI=1S/C19H24N2/c1-15-11-12-21(14-15)19(13-20)18-9-7-17(8-10-18)16-5-3-2-4-6-16/h2-10,15,19H,11-14,20H2,1H3. The molecule has 1 heterocycles. The molecular formula is C19H24N2. The summed E-state index contributed by atoms with van der Waals surface area (Å²) in [5, 5.41) is 0. The summed E-state index contributed by atoms with van der Waals surface area (Å²) in [6, 6.07) is 19.8. The summed E-state index contributed by atoms with van der Waals surface area (Å²) in [5.74, 6) is 0.794. The van der Waals surface area contributed by atoms with E-state index in [2.05, 4.69) is 66.4 Å². The minimum atomic E-state index is 0.361. The van der Waals surface area contributed by atoms with Gasteiger partial charge < -0.3 is 5.73 Å². The van der Waals surface area contributed by atoms with Crippen molar-refractivity contribution in [2.75, 3.05) is 19.6 Å². The molecule has 1 aliphatic heterocycles. The Morgan fingerprint density at radius 2 is 1.71 bits per heavy atom. The van der Waals surface area contributed by atoms with Crippen LogP contribution in [0.2, 0.25) is 0 Å². The van der Waals surface area contributed by atoms with Crippen LogP contribution in [0.25, 0.3) is 11.1 Å². The lowest BCUT2D eigenvalue weighted by molar-refractivity contribution is 0.244. The third-order valence-corrected chi connectivity index (χ3v) is 4.52. The molecule has 1 fully saturated rings. The van der Waals surface area contributed by atoms with Gasteiger partial charge in [-0.3, -0.25) is 4.90 Å². The highest BCUT2D eigenvalue weighted by Gasteiger charge is 2.25. The molecule has 0 radical (unpaired) electrons. The third kappa shape index (κ3) is 3.17. The van der Waals surface area contributed by atoms with Gasteiger partial charge in [0.15, 0.2) is 0 Å². The lowest BCUT2D eigenvalue weighted by atomic mass is 10.00. The molecule has 2 heteroatoms. The first kappa shape index (κ1) is 14.3. The second-order valence-electron chi connectivity index (χ2n) is 6.13. The Labute approximate surface area is 127 Å². The van der Waals surface area contributed by atoms with Gasteiger partial charge in [0.2, 0.25) is 0 Å². The van der Waals surface area contributed by atoms with Crippen LogP contribution >= 0.6 is 0 Å². The second kappa shape index (κ2) is 6.42. The summed E-state index contributed by atoms with van der Waals surface area (Å²) in [6.07, 6.45) is 1.29. The van der Waals surface area contributed by atoms with Crippen molar-refractivity contribution >= 4 is 0 Å². The molecule has 1 saturated heterocycles. The number of nitrogens with zero attached hydrogens (tertiary/aromatic N) is 1. The first-order chi connectivity index (χ1) is 10.3. The Hall–Kier alpha value is -1.64. The molecule has 2 atom stereocenters. The first-order valence-electron chi connectivity index (χ1n) is 7.87. The van der Waals surface area contributed by atoms with Crippen molar-refractivity contribution in [2.24, 2.45) is 11.7 Å². The number of hydrogen-bond acceptors (Lipinski definition) is 2. The van der Waals surface area contributed by atoms with Crippen molar-refractivity contribution in [2.45, 2.75) is 19.4 Å². The average molecular weight is 280 g/mol. The largest absolute Gasteiger partial charge is 0.329 e. The Kier molecular flexibility index (Phi) is 4.37. The SMILES string of the molecule is CC1CCN(C(CN)c2ccc(-c3ccccc3)cc2)C1. The van der Waals surface area contributed by atoms with E-state index in [4.69, 9.17) is 5.73 Å². The lowest BCUT2D eigenvalue weighted by Gasteiger charge is -2.27. The summed E-state index contributed by atoms with van der Waals surface area (Å²) in [5.41, 5.74) is 9.91. The molecular weight excluding hydrogens is 256 g/mol. The third-order valence-electron chi connectivity index (χ3n) is 4.52. The predicted molar refractivity (Wildman–Crippen MR) is 89.0 cm³/mol. The zero-order valence-electron chi connectivity index (χ0n) is 12.7. The molecule has 2 unspecified atom stereocenters. The zero-order valence-corrected chi connectivity index (χ0v) is 12.7. The number of nitrogens with two attached hydrogens (primary N) is 1. The van der Waals surface area contributed by atoms with Gasteiger partial charge in [0.25, 0.3) is 0 Å². The molecule has 0 aromatic heterocycles. The van der Waals surface area contributed by atoms with Crippen molar-refractivity contribution in [3.05, 3.63) is 60.2 Å². The van der Waals surface area contributed by atoms with E-state index in [0.717, 1.165) is 5.92 Å². The maximum absolute atomic E-state index is 6.04. The molecule has 110 valence electrons. The number of rotatable bonds is 4. The zero-order chi connectivity index (χ0) is 14.7. The molecule has 2 aromatic carbocycles. The van der Waals surface area contributed by atoms with Gasteiger partial charge >= 0.3 is 0 Å². The van der Waals surface area contributed by atoms with E-state index in [1.807, 2.05) is 0 Å². The van der Waals surface area contributed by atoms with Gasteiger partial charge in [0, 0.05) is 19.1 Å². The van der Waals surface area contributed by atoms with Crippen LogP contribution in [-0.4, -0.2) is 24.5 Å². The highest BCUT2D eigenvalue weighted by Crippen LogP contribution is 2.28. The van der Waals surface area contributed by atoms with E-state index < -0.39 is 0 Å². The van der Waals surface area contributed by atoms with E-state index in [1.54, 1.807) is 0 Å². The molecule has 0 bridgehead atoms.